The van der Waals surface area contributed by atoms with Crippen molar-refractivity contribution in [1.82, 2.24) is 4.98 Å². The lowest BCUT2D eigenvalue weighted by Gasteiger charge is -2.26. The van der Waals surface area contributed by atoms with Crippen LogP contribution in [-0.4, -0.2) is 16.8 Å². The van der Waals surface area contributed by atoms with Crippen LogP contribution in [-0.2, 0) is 9.59 Å². The van der Waals surface area contributed by atoms with Crippen molar-refractivity contribution in [1.29, 1.82) is 0 Å². The van der Waals surface area contributed by atoms with Crippen LogP contribution in [0.5, 0.6) is 0 Å². The molecule has 2 aromatic rings. The van der Waals surface area contributed by atoms with Crippen LogP contribution in [0.25, 0.3) is 0 Å². The number of aromatic nitrogens is 1. The maximum absolute atomic E-state index is 12.7. The van der Waals surface area contributed by atoms with Crippen LogP contribution < -0.4 is 10.6 Å². The predicted octanol–water partition coefficient (Wildman–Crippen LogP) is 3.89. The number of hydrogen-bond acceptors (Lipinski definition) is 3. The van der Waals surface area contributed by atoms with Gasteiger partial charge in [0.25, 0.3) is 0 Å². The van der Waals surface area contributed by atoms with E-state index in [0.29, 0.717) is 29.2 Å². The third kappa shape index (κ3) is 4.45. The van der Waals surface area contributed by atoms with Crippen LogP contribution in [0, 0.1) is 11.8 Å². The molecule has 1 aliphatic carbocycles. The number of allylic oxidation sites excluding steroid dienone is 2. The van der Waals surface area contributed by atoms with Crippen LogP contribution in [0.1, 0.15) is 12.8 Å². The first-order chi connectivity index (χ1) is 12.1. The minimum atomic E-state index is -0.414. The number of benzene rings is 1. The number of carbonyl (C=O) groups is 2. The maximum Gasteiger partial charge on any atom is 0.228 e. The number of anilines is 2. The van der Waals surface area contributed by atoms with Gasteiger partial charge in [-0.05, 0) is 49.2 Å². The zero-order valence-corrected chi connectivity index (χ0v) is 14.2. The fourth-order valence-electron chi connectivity index (χ4n) is 2.83. The quantitative estimate of drug-likeness (QED) is 0.817. The molecule has 2 amide bonds. The minimum absolute atomic E-state index is 0.160. The van der Waals surface area contributed by atoms with Gasteiger partial charge in [-0.25, -0.2) is 0 Å². The lowest BCUT2D eigenvalue weighted by molar-refractivity contribution is -0.129. The Morgan fingerprint density at radius 1 is 0.840 bits per heavy atom. The van der Waals surface area contributed by atoms with Crippen molar-refractivity contribution in [3.8, 4) is 0 Å². The van der Waals surface area contributed by atoms with Gasteiger partial charge in [-0.15, -0.1) is 0 Å². The molecule has 1 heterocycles. The SMILES string of the molecule is O=C(Nc1ccncc1)C1CC=CCC1C(=O)Nc1ccc(Cl)cc1. The number of amides is 2. The molecule has 2 N–H and O–H groups in total. The molecule has 2 atom stereocenters. The van der Waals surface area contributed by atoms with Crippen LogP contribution in [0.4, 0.5) is 11.4 Å². The monoisotopic (exact) mass is 355 g/mol. The highest BCUT2D eigenvalue weighted by molar-refractivity contribution is 6.30. The average molecular weight is 356 g/mol. The van der Waals surface area contributed by atoms with Crippen molar-refractivity contribution in [3.05, 3.63) is 66.0 Å². The fraction of sp³-hybridized carbons (Fsp3) is 0.211. The molecule has 1 aromatic carbocycles. The van der Waals surface area contributed by atoms with Crippen molar-refractivity contribution in [2.45, 2.75) is 12.8 Å². The number of halogens is 1. The summed E-state index contributed by atoms with van der Waals surface area (Å²) in [7, 11) is 0. The first-order valence-corrected chi connectivity index (χ1v) is 8.43. The van der Waals surface area contributed by atoms with E-state index in [1.165, 1.54) is 0 Å². The number of hydrogen-bond donors (Lipinski definition) is 2. The summed E-state index contributed by atoms with van der Waals surface area (Å²) >= 11 is 5.86. The van der Waals surface area contributed by atoms with E-state index in [1.54, 1.807) is 48.8 Å². The summed E-state index contributed by atoms with van der Waals surface area (Å²) in [4.78, 5) is 29.2. The van der Waals surface area contributed by atoms with Gasteiger partial charge in [-0.3, -0.25) is 14.6 Å². The molecule has 6 heteroatoms. The molecular formula is C19H18ClN3O2. The lowest BCUT2D eigenvalue weighted by atomic mass is 9.81. The summed E-state index contributed by atoms with van der Waals surface area (Å²) in [6, 6.07) is 10.4. The second-order valence-electron chi connectivity index (χ2n) is 5.88. The first-order valence-electron chi connectivity index (χ1n) is 8.06. The van der Waals surface area contributed by atoms with E-state index in [0.717, 1.165) is 0 Å². The molecular weight excluding hydrogens is 338 g/mol. The summed E-state index contributed by atoms with van der Waals surface area (Å²) in [6.45, 7) is 0. The van der Waals surface area contributed by atoms with E-state index in [-0.39, 0.29) is 11.8 Å². The molecule has 0 saturated carbocycles. The van der Waals surface area contributed by atoms with Crippen LogP contribution in [0.3, 0.4) is 0 Å². The van der Waals surface area contributed by atoms with E-state index in [1.807, 2.05) is 12.2 Å². The van der Waals surface area contributed by atoms with Crippen LogP contribution in [0.2, 0.25) is 5.02 Å². The van der Waals surface area contributed by atoms with E-state index in [2.05, 4.69) is 15.6 Å². The van der Waals surface area contributed by atoms with Crippen LogP contribution in [0.15, 0.2) is 60.9 Å². The van der Waals surface area contributed by atoms with Crippen molar-refractivity contribution < 1.29 is 9.59 Å². The first kappa shape index (κ1) is 17.2. The van der Waals surface area contributed by atoms with Crippen molar-refractivity contribution in [2.24, 2.45) is 11.8 Å². The topological polar surface area (TPSA) is 71.1 Å². The molecule has 0 spiro atoms. The van der Waals surface area contributed by atoms with Gasteiger partial charge >= 0.3 is 0 Å². The smallest absolute Gasteiger partial charge is 0.228 e. The third-order valence-electron chi connectivity index (χ3n) is 4.17. The molecule has 1 aliphatic rings. The average Bonchev–Trinajstić information content (AvgIpc) is 2.64. The molecule has 25 heavy (non-hydrogen) atoms. The highest BCUT2D eigenvalue weighted by Crippen LogP contribution is 2.28. The second kappa shape index (κ2) is 7.94. The Balaban J connectivity index is 1.69. The van der Waals surface area contributed by atoms with E-state index < -0.39 is 11.8 Å². The molecule has 0 bridgehead atoms. The molecule has 0 aliphatic heterocycles. The predicted molar refractivity (Wildman–Crippen MR) is 98.3 cm³/mol. The Kier molecular flexibility index (Phi) is 5.46. The van der Waals surface area contributed by atoms with Gasteiger partial charge in [0.2, 0.25) is 11.8 Å². The summed E-state index contributed by atoms with van der Waals surface area (Å²) in [5.41, 5.74) is 1.34. The Hall–Kier alpha value is -2.66. The lowest BCUT2D eigenvalue weighted by Crippen LogP contribution is -2.37. The molecule has 1 aromatic heterocycles. The molecule has 0 fully saturated rings. The highest BCUT2D eigenvalue weighted by Gasteiger charge is 2.34. The molecule has 128 valence electrons. The van der Waals surface area contributed by atoms with Gasteiger partial charge in [-0.2, -0.15) is 0 Å². The molecule has 5 nitrogen and oxygen atoms in total. The van der Waals surface area contributed by atoms with Gasteiger partial charge in [0.05, 0.1) is 11.8 Å². The Morgan fingerprint density at radius 2 is 1.32 bits per heavy atom. The van der Waals surface area contributed by atoms with Crippen molar-refractivity contribution in [3.63, 3.8) is 0 Å². The summed E-state index contributed by atoms with van der Waals surface area (Å²) in [5.74, 6) is -1.15. The van der Waals surface area contributed by atoms with Gasteiger partial charge in [0, 0.05) is 28.8 Å². The minimum Gasteiger partial charge on any atom is -0.326 e. The van der Waals surface area contributed by atoms with Gasteiger partial charge in [0.1, 0.15) is 0 Å². The molecule has 2 unspecified atom stereocenters. The summed E-state index contributed by atoms with van der Waals surface area (Å²) in [5, 5.41) is 6.33. The number of nitrogens with zero attached hydrogens (tertiary/aromatic N) is 1. The van der Waals surface area contributed by atoms with Crippen molar-refractivity contribution >= 4 is 34.8 Å². The summed E-state index contributed by atoms with van der Waals surface area (Å²) in [6.07, 6.45) is 8.19. The van der Waals surface area contributed by atoms with Gasteiger partial charge in [-0.1, -0.05) is 23.8 Å². The molecule has 0 saturated heterocycles. The second-order valence-corrected chi connectivity index (χ2v) is 6.31. The van der Waals surface area contributed by atoms with E-state index in [4.69, 9.17) is 11.6 Å². The van der Waals surface area contributed by atoms with Gasteiger partial charge in [0.15, 0.2) is 0 Å². The van der Waals surface area contributed by atoms with Crippen LogP contribution >= 0.6 is 11.6 Å². The largest absolute Gasteiger partial charge is 0.326 e. The highest BCUT2D eigenvalue weighted by atomic mass is 35.5. The molecule has 0 radical (unpaired) electrons. The van der Waals surface area contributed by atoms with E-state index in [9.17, 15) is 9.59 Å². The Morgan fingerprint density at radius 3 is 1.84 bits per heavy atom. The number of pyridine rings is 1. The third-order valence-corrected chi connectivity index (χ3v) is 4.42. The van der Waals surface area contributed by atoms with Crippen molar-refractivity contribution in [2.75, 3.05) is 10.6 Å². The normalized spacial score (nSPS) is 19.2. The number of carbonyl (C=O) groups excluding carboxylic acids is 2. The Bertz CT molecular complexity index is 775. The Labute approximate surface area is 151 Å². The van der Waals surface area contributed by atoms with E-state index >= 15 is 0 Å². The molecule has 3 rings (SSSR count). The number of nitrogens with one attached hydrogen (secondary N) is 2. The standard InChI is InChI=1S/C19H18ClN3O2/c20-13-5-7-14(8-6-13)22-18(24)16-3-1-2-4-17(16)19(25)23-15-9-11-21-12-10-15/h1-2,5-12,16-17H,3-4H2,(H,22,24)(H,21,23,25). The maximum atomic E-state index is 12.7. The zero-order chi connectivity index (χ0) is 17.6. The van der Waals surface area contributed by atoms with Gasteiger partial charge < -0.3 is 10.6 Å². The summed E-state index contributed by atoms with van der Waals surface area (Å²) < 4.78 is 0. The number of rotatable bonds is 4. The zero-order valence-electron chi connectivity index (χ0n) is 13.5. The fourth-order valence-corrected chi connectivity index (χ4v) is 2.96.